The minimum Gasteiger partial charge on any atom is -0.493 e. The average molecular weight is 431 g/mol. The zero-order valence-electron chi connectivity index (χ0n) is 16.8. The van der Waals surface area contributed by atoms with Gasteiger partial charge in [0.2, 0.25) is 11.8 Å². The van der Waals surface area contributed by atoms with Crippen molar-refractivity contribution >= 4 is 29.3 Å². The monoisotopic (exact) mass is 430 g/mol. The zero-order chi connectivity index (χ0) is 21.3. The van der Waals surface area contributed by atoms with E-state index in [2.05, 4.69) is 5.32 Å². The molecule has 2 aromatic rings. The van der Waals surface area contributed by atoms with Crippen LogP contribution in [0.4, 0.5) is 10.1 Å². The maximum atomic E-state index is 13.2. The SMILES string of the molecule is COc1ccc(C2SCC(C(=O)Nc3ccc(F)cc3)N2C(=O)C2CC2)cc1OC. The molecule has 2 unspecified atom stereocenters. The second-order valence-electron chi connectivity index (χ2n) is 7.33. The summed E-state index contributed by atoms with van der Waals surface area (Å²) in [6, 6.07) is 10.5. The maximum Gasteiger partial charge on any atom is 0.248 e. The minimum atomic E-state index is -0.605. The summed E-state index contributed by atoms with van der Waals surface area (Å²) >= 11 is 1.55. The predicted molar refractivity (Wildman–Crippen MR) is 113 cm³/mol. The lowest BCUT2D eigenvalue weighted by Crippen LogP contribution is -2.46. The number of methoxy groups -OCH3 is 2. The number of nitrogens with zero attached hydrogens (tertiary/aromatic N) is 1. The summed E-state index contributed by atoms with van der Waals surface area (Å²) in [5, 5.41) is 2.52. The normalized spacial score (nSPS) is 20.7. The number of hydrogen-bond donors (Lipinski definition) is 1. The van der Waals surface area contributed by atoms with Crippen molar-refractivity contribution in [1.82, 2.24) is 4.90 Å². The number of amides is 2. The Labute approximate surface area is 178 Å². The summed E-state index contributed by atoms with van der Waals surface area (Å²) in [6.07, 6.45) is 1.70. The number of hydrogen-bond acceptors (Lipinski definition) is 5. The first-order chi connectivity index (χ1) is 14.5. The third-order valence-electron chi connectivity index (χ3n) is 5.29. The van der Waals surface area contributed by atoms with Crippen LogP contribution in [0.1, 0.15) is 23.8 Å². The minimum absolute atomic E-state index is 0.000888. The molecule has 0 aromatic heterocycles. The predicted octanol–water partition coefficient (Wildman–Crippen LogP) is 3.83. The van der Waals surface area contributed by atoms with Crippen molar-refractivity contribution in [3.8, 4) is 11.5 Å². The Hall–Kier alpha value is -2.74. The van der Waals surface area contributed by atoms with E-state index in [0.717, 1.165) is 18.4 Å². The van der Waals surface area contributed by atoms with E-state index >= 15 is 0 Å². The van der Waals surface area contributed by atoms with Gasteiger partial charge in [-0.05, 0) is 54.8 Å². The average Bonchev–Trinajstić information content (AvgIpc) is 3.52. The van der Waals surface area contributed by atoms with Gasteiger partial charge in [-0.1, -0.05) is 6.07 Å². The molecule has 8 heteroatoms. The van der Waals surface area contributed by atoms with Gasteiger partial charge in [0, 0.05) is 17.4 Å². The van der Waals surface area contributed by atoms with E-state index in [4.69, 9.17) is 9.47 Å². The summed E-state index contributed by atoms with van der Waals surface area (Å²) in [4.78, 5) is 27.8. The Morgan fingerprint density at radius 1 is 1.07 bits per heavy atom. The van der Waals surface area contributed by atoms with Gasteiger partial charge in [-0.3, -0.25) is 9.59 Å². The van der Waals surface area contributed by atoms with E-state index in [1.807, 2.05) is 12.1 Å². The van der Waals surface area contributed by atoms with Crippen LogP contribution in [0.3, 0.4) is 0 Å². The number of thioether (sulfide) groups is 1. The van der Waals surface area contributed by atoms with Gasteiger partial charge in [0.05, 0.1) is 14.2 Å². The number of benzene rings is 2. The summed E-state index contributed by atoms with van der Waals surface area (Å²) in [5.74, 6) is 0.995. The molecule has 158 valence electrons. The van der Waals surface area contributed by atoms with E-state index < -0.39 is 6.04 Å². The quantitative estimate of drug-likeness (QED) is 0.754. The van der Waals surface area contributed by atoms with E-state index in [9.17, 15) is 14.0 Å². The van der Waals surface area contributed by atoms with Gasteiger partial charge in [-0.15, -0.1) is 11.8 Å². The molecular formula is C22H23FN2O4S. The van der Waals surface area contributed by atoms with Gasteiger partial charge < -0.3 is 19.7 Å². The van der Waals surface area contributed by atoms with Gasteiger partial charge in [0.15, 0.2) is 11.5 Å². The Morgan fingerprint density at radius 2 is 1.77 bits per heavy atom. The molecule has 0 spiro atoms. The van der Waals surface area contributed by atoms with Crippen molar-refractivity contribution in [2.24, 2.45) is 5.92 Å². The molecule has 0 bridgehead atoms. The molecule has 1 N–H and O–H groups in total. The second kappa shape index (κ2) is 8.55. The number of nitrogens with one attached hydrogen (secondary N) is 1. The van der Waals surface area contributed by atoms with Crippen LogP contribution in [0.15, 0.2) is 42.5 Å². The number of ether oxygens (including phenoxy) is 2. The molecule has 2 atom stereocenters. The first-order valence-electron chi connectivity index (χ1n) is 9.74. The van der Waals surface area contributed by atoms with Gasteiger partial charge in [-0.2, -0.15) is 0 Å². The van der Waals surface area contributed by atoms with Crippen molar-refractivity contribution in [2.75, 3.05) is 25.3 Å². The fourth-order valence-electron chi connectivity index (χ4n) is 3.54. The lowest BCUT2D eigenvalue weighted by Gasteiger charge is -2.29. The Morgan fingerprint density at radius 3 is 2.40 bits per heavy atom. The van der Waals surface area contributed by atoms with Gasteiger partial charge in [0.25, 0.3) is 0 Å². The van der Waals surface area contributed by atoms with Crippen LogP contribution in [0.5, 0.6) is 11.5 Å². The molecule has 1 saturated carbocycles. The molecule has 1 saturated heterocycles. The number of carbonyl (C=O) groups is 2. The van der Waals surface area contributed by atoms with Gasteiger partial charge >= 0.3 is 0 Å². The largest absolute Gasteiger partial charge is 0.493 e. The number of carbonyl (C=O) groups excluding carboxylic acids is 2. The molecule has 2 fully saturated rings. The summed E-state index contributed by atoms with van der Waals surface area (Å²) in [7, 11) is 3.13. The highest BCUT2D eigenvalue weighted by molar-refractivity contribution is 7.99. The van der Waals surface area contributed by atoms with Crippen LogP contribution < -0.4 is 14.8 Å². The van der Waals surface area contributed by atoms with E-state index in [0.29, 0.717) is 22.9 Å². The third-order valence-corrected chi connectivity index (χ3v) is 6.61. The molecule has 1 heterocycles. The third kappa shape index (κ3) is 4.09. The van der Waals surface area contributed by atoms with E-state index in [1.165, 1.54) is 24.3 Å². The van der Waals surface area contributed by atoms with Crippen LogP contribution >= 0.6 is 11.8 Å². The number of anilines is 1. The fourth-order valence-corrected chi connectivity index (χ4v) is 4.97. The molecule has 30 heavy (non-hydrogen) atoms. The Kier molecular flexibility index (Phi) is 5.85. The van der Waals surface area contributed by atoms with Crippen molar-refractivity contribution < 1.29 is 23.5 Å². The molecule has 0 radical (unpaired) electrons. The topological polar surface area (TPSA) is 67.9 Å². The highest BCUT2D eigenvalue weighted by atomic mass is 32.2. The molecule has 2 aliphatic rings. The Balaban J connectivity index is 1.60. The highest BCUT2D eigenvalue weighted by Crippen LogP contribution is 2.46. The van der Waals surface area contributed by atoms with Crippen LogP contribution in [0, 0.1) is 11.7 Å². The molecule has 1 aliphatic heterocycles. The molecule has 1 aliphatic carbocycles. The van der Waals surface area contributed by atoms with Gasteiger partial charge in [-0.25, -0.2) is 4.39 Å². The van der Waals surface area contributed by atoms with Crippen LogP contribution in [0.2, 0.25) is 0 Å². The van der Waals surface area contributed by atoms with Crippen LogP contribution in [-0.2, 0) is 9.59 Å². The zero-order valence-corrected chi connectivity index (χ0v) is 17.6. The second-order valence-corrected chi connectivity index (χ2v) is 8.45. The fraction of sp³-hybridized carbons (Fsp3) is 0.364. The van der Waals surface area contributed by atoms with Crippen molar-refractivity contribution in [2.45, 2.75) is 24.3 Å². The lowest BCUT2D eigenvalue weighted by atomic mass is 10.1. The Bertz CT molecular complexity index is 949. The first kappa shape index (κ1) is 20.5. The van der Waals surface area contributed by atoms with E-state index in [-0.39, 0.29) is 28.9 Å². The maximum absolute atomic E-state index is 13.2. The number of rotatable bonds is 6. The molecule has 4 rings (SSSR count). The number of halogens is 1. The first-order valence-corrected chi connectivity index (χ1v) is 10.8. The summed E-state index contributed by atoms with van der Waals surface area (Å²) < 4.78 is 23.9. The highest BCUT2D eigenvalue weighted by Gasteiger charge is 2.46. The standard InChI is InChI=1S/C22H23FN2O4S/c1-28-18-10-5-14(11-19(18)29-2)22-25(21(27)13-3-4-13)17(12-30-22)20(26)24-16-8-6-15(23)7-9-16/h5-11,13,17,22H,3-4,12H2,1-2H3,(H,24,26). The van der Waals surface area contributed by atoms with Crippen molar-refractivity contribution in [1.29, 1.82) is 0 Å². The molecule has 2 amide bonds. The van der Waals surface area contributed by atoms with E-state index in [1.54, 1.807) is 36.9 Å². The van der Waals surface area contributed by atoms with Gasteiger partial charge in [0.1, 0.15) is 17.2 Å². The summed E-state index contributed by atoms with van der Waals surface area (Å²) in [6.45, 7) is 0. The summed E-state index contributed by atoms with van der Waals surface area (Å²) in [5.41, 5.74) is 1.38. The molecular weight excluding hydrogens is 407 g/mol. The molecule has 6 nitrogen and oxygen atoms in total. The molecule has 2 aromatic carbocycles. The lowest BCUT2D eigenvalue weighted by molar-refractivity contribution is -0.139. The van der Waals surface area contributed by atoms with Crippen LogP contribution in [0.25, 0.3) is 0 Å². The van der Waals surface area contributed by atoms with Crippen molar-refractivity contribution in [3.05, 3.63) is 53.8 Å². The van der Waals surface area contributed by atoms with Crippen molar-refractivity contribution in [3.63, 3.8) is 0 Å². The van der Waals surface area contributed by atoms with Crippen LogP contribution in [-0.4, -0.2) is 42.7 Å². The smallest absolute Gasteiger partial charge is 0.248 e.